The second-order valence-corrected chi connectivity index (χ2v) is 11.2. The predicted molar refractivity (Wildman–Crippen MR) is 150 cm³/mol. The molecule has 0 bridgehead atoms. The fourth-order valence-corrected chi connectivity index (χ4v) is 4.05. The topological polar surface area (TPSA) is 97.0 Å². The van der Waals surface area contributed by atoms with Crippen LogP contribution in [0.3, 0.4) is 0 Å². The normalized spacial score (nSPS) is 13.1. The molecular weight excluding hydrogens is 482 g/mol. The van der Waals surface area contributed by atoms with Crippen LogP contribution in [-0.2, 0) is 14.3 Å². The number of carbonyl (C=O) groups is 3. The van der Waals surface area contributed by atoms with Crippen LogP contribution in [0.1, 0.15) is 71.2 Å². The summed E-state index contributed by atoms with van der Waals surface area (Å²) in [5.74, 6) is -0.309. The van der Waals surface area contributed by atoms with Gasteiger partial charge in [0.1, 0.15) is 23.4 Å². The molecule has 0 aliphatic carbocycles. The molecule has 0 aliphatic heterocycles. The summed E-state index contributed by atoms with van der Waals surface area (Å²) in [6.45, 7) is 16.7. The van der Waals surface area contributed by atoms with E-state index in [4.69, 9.17) is 9.47 Å². The summed E-state index contributed by atoms with van der Waals surface area (Å²) in [6, 6.07) is 10.6. The van der Waals surface area contributed by atoms with Crippen molar-refractivity contribution < 1.29 is 23.9 Å². The molecule has 2 aromatic rings. The summed E-state index contributed by atoms with van der Waals surface area (Å²) < 4.78 is 10.6. The van der Waals surface area contributed by atoms with E-state index < -0.39 is 23.8 Å². The van der Waals surface area contributed by atoms with Gasteiger partial charge in [-0.1, -0.05) is 32.0 Å². The van der Waals surface area contributed by atoms with Gasteiger partial charge >= 0.3 is 6.09 Å². The summed E-state index contributed by atoms with van der Waals surface area (Å²) in [5.41, 5.74) is 2.63. The number of hydrogen-bond acceptors (Lipinski definition) is 5. The second kappa shape index (κ2) is 12.8. The van der Waals surface area contributed by atoms with E-state index >= 15 is 0 Å². The minimum Gasteiger partial charge on any atom is -0.497 e. The van der Waals surface area contributed by atoms with E-state index in [1.54, 1.807) is 57.0 Å². The number of nitrogens with one attached hydrogen (secondary N) is 2. The lowest BCUT2D eigenvalue weighted by Gasteiger charge is -2.38. The fourth-order valence-electron chi connectivity index (χ4n) is 4.05. The van der Waals surface area contributed by atoms with Crippen molar-refractivity contribution in [1.29, 1.82) is 0 Å². The monoisotopic (exact) mass is 525 g/mol. The number of nitrogens with zero attached hydrogens (tertiary/aromatic N) is 1. The van der Waals surface area contributed by atoms with Gasteiger partial charge in [-0.2, -0.15) is 0 Å². The van der Waals surface area contributed by atoms with Gasteiger partial charge < -0.3 is 25.0 Å². The summed E-state index contributed by atoms with van der Waals surface area (Å²) in [7, 11) is 1.58. The SMILES string of the molecule is COc1ccc(NC(=O)C(c2ccc(C)c(C)c2)N(C(=O)C(NC(=O)OC(C)(C)C)C(C)C)C(C)C)cc1. The number of amides is 3. The molecule has 0 fully saturated rings. The van der Waals surface area contributed by atoms with E-state index in [1.165, 1.54) is 0 Å². The average molecular weight is 526 g/mol. The number of benzene rings is 2. The number of aryl methyl sites for hydroxylation is 2. The van der Waals surface area contributed by atoms with Crippen LogP contribution in [0.4, 0.5) is 10.5 Å². The van der Waals surface area contributed by atoms with E-state index in [2.05, 4.69) is 10.6 Å². The Hall–Kier alpha value is -3.55. The lowest BCUT2D eigenvalue weighted by Crippen LogP contribution is -2.56. The van der Waals surface area contributed by atoms with Crippen LogP contribution in [0.2, 0.25) is 0 Å². The Morgan fingerprint density at radius 1 is 0.895 bits per heavy atom. The number of alkyl carbamates (subject to hydrolysis) is 1. The first-order chi connectivity index (χ1) is 17.6. The van der Waals surface area contributed by atoms with Gasteiger partial charge in [-0.3, -0.25) is 9.59 Å². The molecule has 2 aromatic carbocycles. The zero-order valence-electron chi connectivity index (χ0n) is 24.3. The van der Waals surface area contributed by atoms with Crippen molar-refractivity contribution in [2.75, 3.05) is 12.4 Å². The minimum absolute atomic E-state index is 0.249. The molecule has 0 saturated carbocycles. The van der Waals surface area contributed by atoms with E-state index in [0.717, 1.165) is 11.1 Å². The number of rotatable bonds is 9. The summed E-state index contributed by atoms with van der Waals surface area (Å²) in [4.78, 5) is 42.1. The minimum atomic E-state index is -0.939. The van der Waals surface area contributed by atoms with Crippen molar-refractivity contribution in [1.82, 2.24) is 10.2 Å². The smallest absolute Gasteiger partial charge is 0.408 e. The van der Waals surface area contributed by atoms with E-state index in [0.29, 0.717) is 17.0 Å². The second-order valence-electron chi connectivity index (χ2n) is 11.2. The Morgan fingerprint density at radius 2 is 1.50 bits per heavy atom. The van der Waals surface area contributed by atoms with Crippen molar-refractivity contribution in [3.05, 3.63) is 59.2 Å². The van der Waals surface area contributed by atoms with Gasteiger partial charge in [0, 0.05) is 11.7 Å². The third kappa shape index (κ3) is 8.23. The van der Waals surface area contributed by atoms with Crippen LogP contribution >= 0.6 is 0 Å². The molecule has 8 heteroatoms. The molecule has 2 N–H and O–H groups in total. The van der Waals surface area contributed by atoms with Crippen LogP contribution in [-0.4, -0.2) is 47.6 Å². The van der Waals surface area contributed by atoms with Gasteiger partial charge in [-0.05, 0) is 95.3 Å². The first-order valence-corrected chi connectivity index (χ1v) is 13.0. The Labute approximate surface area is 227 Å². The fraction of sp³-hybridized carbons (Fsp3) is 0.500. The molecular formula is C30H43N3O5. The van der Waals surface area contributed by atoms with E-state index in [1.807, 2.05) is 59.7 Å². The number of carbonyl (C=O) groups excluding carboxylic acids is 3. The van der Waals surface area contributed by atoms with Gasteiger partial charge in [-0.25, -0.2) is 4.79 Å². The maximum Gasteiger partial charge on any atom is 0.408 e. The molecule has 8 nitrogen and oxygen atoms in total. The zero-order valence-corrected chi connectivity index (χ0v) is 24.3. The third-order valence-electron chi connectivity index (χ3n) is 6.15. The van der Waals surface area contributed by atoms with Crippen LogP contribution in [0.25, 0.3) is 0 Å². The molecule has 3 amide bonds. The Balaban J connectivity index is 2.53. The highest BCUT2D eigenvalue weighted by atomic mass is 16.6. The summed E-state index contributed by atoms with van der Waals surface area (Å²) in [6.07, 6.45) is -0.682. The Bertz CT molecular complexity index is 1120. The lowest BCUT2D eigenvalue weighted by atomic mass is 9.95. The van der Waals surface area contributed by atoms with Crippen LogP contribution in [0.15, 0.2) is 42.5 Å². The van der Waals surface area contributed by atoms with Crippen LogP contribution < -0.4 is 15.4 Å². The van der Waals surface area contributed by atoms with Crippen molar-refractivity contribution in [3.63, 3.8) is 0 Å². The molecule has 208 valence electrons. The first kappa shape index (κ1) is 30.7. The van der Waals surface area contributed by atoms with Crippen molar-refractivity contribution in [2.45, 2.75) is 86.0 Å². The van der Waals surface area contributed by atoms with Crippen molar-refractivity contribution in [2.24, 2.45) is 5.92 Å². The standard InChI is InChI=1S/C30H43N3O5/c1-18(2)25(32-29(36)38-30(7,8)9)28(35)33(19(3)4)26(22-12-11-20(5)21(6)17-22)27(34)31-23-13-15-24(37-10)16-14-23/h11-19,25-26H,1-10H3,(H,31,34)(H,32,36). The highest BCUT2D eigenvalue weighted by Crippen LogP contribution is 2.29. The number of ether oxygens (including phenoxy) is 2. The number of methoxy groups -OCH3 is 1. The van der Waals surface area contributed by atoms with Gasteiger partial charge in [0.15, 0.2) is 0 Å². The lowest BCUT2D eigenvalue weighted by molar-refractivity contribution is -0.143. The predicted octanol–water partition coefficient (Wildman–Crippen LogP) is 5.78. The molecule has 0 heterocycles. The molecule has 2 unspecified atom stereocenters. The largest absolute Gasteiger partial charge is 0.497 e. The van der Waals surface area contributed by atoms with Gasteiger partial charge in [0.25, 0.3) is 5.91 Å². The highest BCUT2D eigenvalue weighted by molar-refractivity contribution is 5.99. The van der Waals surface area contributed by atoms with E-state index in [9.17, 15) is 14.4 Å². The maximum absolute atomic E-state index is 14.1. The van der Waals surface area contributed by atoms with Crippen molar-refractivity contribution in [3.8, 4) is 5.75 Å². The molecule has 0 radical (unpaired) electrons. The van der Waals surface area contributed by atoms with Gasteiger partial charge in [-0.15, -0.1) is 0 Å². The Morgan fingerprint density at radius 3 is 1.97 bits per heavy atom. The van der Waals surface area contributed by atoms with Gasteiger partial charge in [0.2, 0.25) is 5.91 Å². The number of hydrogen-bond donors (Lipinski definition) is 2. The van der Waals surface area contributed by atoms with Crippen LogP contribution in [0, 0.1) is 19.8 Å². The maximum atomic E-state index is 14.1. The molecule has 38 heavy (non-hydrogen) atoms. The molecule has 2 atom stereocenters. The van der Waals surface area contributed by atoms with Crippen molar-refractivity contribution >= 4 is 23.6 Å². The van der Waals surface area contributed by atoms with Crippen LogP contribution in [0.5, 0.6) is 5.75 Å². The quantitative estimate of drug-likeness (QED) is 0.433. The summed E-state index contributed by atoms with van der Waals surface area (Å²) in [5, 5.41) is 5.69. The van der Waals surface area contributed by atoms with E-state index in [-0.39, 0.29) is 23.8 Å². The number of anilines is 1. The average Bonchev–Trinajstić information content (AvgIpc) is 2.81. The first-order valence-electron chi connectivity index (χ1n) is 13.0. The molecule has 0 saturated heterocycles. The highest BCUT2D eigenvalue weighted by Gasteiger charge is 2.39. The molecule has 0 aliphatic rings. The molecule has 2 rings (SSSR count). The summed E-state index contributed by atoms with van der Waals surface area (Å²) >= 11 is 0. The molecule has 0 spiro atoms. The van der Waals surface area contributed by atoms with Gasteiger partial charge in [0.05, 0.1) is 7.11 Å². The third-order valence-corrected chi connectivity index (χ3v) is 6.15. The zero-order chi connectivity index (χ0) is 28.8. The Kier molecular flexibility index (Phi) is 10.3. The molecule has 0 aromatic heterocycles.